The number of rotatable bonds is 4. The van der Waals surface area contributed by atoms with Gasteiger partial charge in [0, 0.05) is 25.3 Å². The second-order valence-corrected chi connectivity index (χ2v) is 6.12. The number of halogens is 1. The van der Waals surface area contributed by atoms with E-state index in [0.29, 0.717) is 10.7 Å². The fourth-order valence-electron chi connectivity index (χ4n) is 1.50. The molecule has 0 aromatic heterocycles. The maximum Gasteiger partial charge on any atom is 0.238 e. The van der Waals surface area contributed by atoms with Crippen LogP contribution in [0.2, 0.25) is 5.02 Å². The van der Waals surface area contributed by atoms with Crippen LogP contribution < -0.4 is 15.5 Å². The summed E-state index contributed by atoms with van der Waals surface area (Å²) in [6.45, 7) is 6.33. The molecule has 0 saturated carbocycles. The molecule has 0 fully saturated rings. The van der Waals surface area contributed by atoms with Gasteiger partial charge in [0.1, 0.15) is 0 Å². The van der Waals surface area contributed by atoms with Crippen molar-refractivity contribution in [2.75, 3.05) is 30.9 Å². The van der Waals surface area contributed by atoms with Crippen molar-refractivity contribution in [2.24, 2.45) is 0 Å². The number of amides is 1. The van der Waals surface area contributed by atoms with Gasteiger partial charge in [0.2, 0.25) is 5.91 Å². The van der Waals surface area contributed by atoms with Crippen LogP contribution in [0.15, 0.2) is 18.2 Å². The van der Waals surface area contributed by atoms with Crippen molar-refractivity contribution in [2.45, 2.75) is 26.3 Å². The van der Waals surface area contributed by atoms with E-state index >= 15 is 0 Å². The minimum atomic E-state index is -0.0800. The normalized spacial score (nSPS) is 11.3. The summed E-state index contributed by atoms with van der Waals surface area (Å²) in [6.07, 6.45) is 0. The minimum absolute atomic E-state index is 0.0796. The van der Waals surface area contributed by atoms with Gasteiger partial charge in [0.05, 0.1) is 17.3 Å². The number of carbonyl (C=O) groups is 1. The molecule has 0 radical (unpaired) electrons. The molecule has 0 unspecified atom stereocenters. The molecule has 0 atom stereocenters. The van der Waals surface area contributed by atoms with Gasteiger partial charge in [-0.2, -0.15) is 0 Å². The summed E-state index contributed by atoms with van der Waals surface area (Å²) in [4.78, 5) is 13.7. The highest BCUT2D eigenvalue weighted by Gasteiger charge is 2.12. The van der Waals surface area contributed by atoms with Crippen molar-refractivity contribution in [3.63, 3.8) is 0 Å². The van der Waals surface area contributed by atoms with Crippen LogP contribution in [0.1, 0.15) is 20.8 Å². The first-order chi connectivity index (χ1) is 8.69. The van der Waals surface area contributed by atoms with Crippen LogP contribution in [0.3, 0.4) is 0 Å². The van der Waals surface area contributed by atoms with Crippen LogP contribution in [0.25, 0.3) is 0 Å². The van der Waals surface area contributed by atoms with Gasteiger partial charge in [0.25, 0.3) is 0 Å². The number of hydrogen-bond donors (Lipinski definition) is 2. The standard InChI is InChI=1S/C14H22ClN3O/c1-14(2,3)16-9-13(19)17-10-6-7-12(18(4)5)11(15)8-10/h6-8,16H,9H2,1-5H3,(H,17,19). The van der Waals surface area contributed by atoms with E-state index < -0.39 is 0 Å². The third-order valence-electron chi connectivity index (χ3n) is 2.49. The Morgan fingerprint density at radius 1 is 1.32 bits per heavy atom. The van der Waals surface area contributed by atoms with Crippen molar-refractivity contribution in [3.05, 3.63) is 23.2 Å². The monoisotopic (exact) mass is 283 g/mol. The van der Waals surface area contributed by atoms with Crippen LogP contribution in [0, 0.1) is 0 Å². The molecule has 4 nitrogen and oxygen atoms in total. The first kappa shape index (κ1) is 15.8. The van der Waals surface area contributed by atoms with Crippen LogP contribution in [-0.2, 0) is 4.79 Å². The quantitative estimate of drug-likeness (QED) is 0.893. The van der Waals surface area contributed by atoms with Gasteiger partial charge in [-0.25, -0.2) is 0 Å². The van der Waals surface area contributed by atoms with Gasteiger partial charge in [-0.05, 0) is 39.0 Å². The third kappa shape index (κ3) is 5.49. The summed E-state index contributed by atoms with van der Waals surface area (Å²) in [5, 5.41) is 6.57. The molecule has 19 heavy (non-hydrogen) atoms. The molecule has 5 heteroatoms. The second kappa shape index (κ2) is 6.26. The fraction of sp³-hybridized carbons (Fsp3) is 0.500. The fourth-order valence-corrected chi connectivity index (χ4v) is 1.85. The van der Waals surface area contributed by atoms with E-state index in [9.17, 15) is 4.79 Å². The molecule has 106 valence electrons. The molecule has 1 rings (SSSR count). The maximum atomic E-state index is 11.8. The van der Waals surface area contributed by atoms with Gasteiger partial charge in [-0.15, -0.1) is 0 Å². The number of anilines is 2. The molecule has 0 aliphatic rings. The molecule has 0 aliphatic carbocycles. The van der Waals surface area contributed by atoms with Crippen LogP contribution in [0.4, 0.5) is 11.4 Å². The molecule has 0 bridgehead atoms. The lowest BCUT2D eigenvalue weighted by Gasteiger charge is -2.20. The van der Waals surface area contributed by atoms with Gasteiger partial charge in [0.15, 0.2) is 0 Å². The van der Waals surface area contributed by atoms with Gasteiger partial charge >= 0.3 is 0 Å². The van der Waals surface area contributed by atoms with Crippen molar-refractivity contribution >= 4 is 28.9 Å². The topological polar surface area (TPSA) is 44.4 Å². The van der Waals surface area contributed by atoms with Crippen LogP contribution in [-0.4, -0.2) is 32.1 Å². The van der Waals surface area contributed by atoms with Crippen LogP contribution >= 0.6 is 11.6 Å². The highest BCUT2D eigenvalue weighted by molar-refractivity contribution is 6.33. The zero-order valence-corrected chi connectivity index (χ0v) is 12.9. The van der Waals surface area contributed by atoms with Crippen molar-refractivity contribution < 1.29 is 4.79 Å². The number of hydrogen-bond acceptors (Lipinski definition) is 3. The Morgan fingerprint density at radius 2 is 1.95 bits per heavy atom. The predicted octanol–water partition coefficient (Wildman–Crippen LogP) is 2.73. The van der Waals surface area contributed by atoms with E-state index in [0.717, 1.165) is 5.69 Å². The van der Waals surface area contributed by atoms with Crippen LogP contribution in [0.5, 0.6) is 0 Å². The molecular formula is C14H22ClN3O. The molecule has 0 spiro atoms. The Kier molecular flexibility index (Phi) is 5.20. The highest BCUT2D eigenvalue weighted by Crippen LogP contribution is 2.27. The zero-order chi connectivity index (χ0) is 14.6. The van der Waals surface area contributed by atoms with Gasteiger partial charge < -0.3 is 15.5 Å². The van der Waals surface area contributed by atoms with Gasteiger partial charge in [-0.3, -0.25) is 4.79 Å². The zero-order valence-electron chi connectivity index (χ0n) is 12.2. The Labute approximate surface area is 120 Å². The molecule has 1 amide bonds. The summed E-state index contributed by atoms with van der Waals surface area (Å²) in [6, 6.07) is 5.48. The lowest BCUT2D eigenvalue weighted by molar-refractivity contribution is -0.115. The molecular weight excluding hydrogens is 262 g/mol. The number of benzene rings is 1. The number of nitrogens with one attached hydrogen (secondary N) is 2. The summed E-state index contributed by atoms with van der Waals surface area (Å²) < 4.78 is 0. The predicted molar refractivity (Wildman–Crippen MR) is 82.2 cm³/mol. The third-order valence-corrected chi connectivity index (χ3v) is 2.80. The summed E-state index contributed by atoms with van der Waals surface area (Å²) in [7, 11) is 3.85. The average molecular weight is 284 g/mol. The Balaban J connectivity index is 2.63. The van der Waals surface area contributed by atoms with E-state index in [-0.39, 0.29) is 18.0 Å². The van der Waals surface area contributed by atoms with Gasteiger partial charge in [-0.1, -0.05) is 11.6 Å². The lowest BCUT2D eigenvalue weighted by Crippen LogP contribution is -2.41. The second-order valence-electron chi connectivity index (χ2n) is 5.71. The molecule has 0 aliphatic heterocycles. The smallest absolute Gasteiger partial charge is 0.238 e. The Bertz CT molecular complexity index is 452. The lowest BCUT2D eigenvalue weighted by atomic mass is 10.1. The minimum Gasteiger partial charge on any atom is -0.376 e. The van der Waals surface area contributed by atoms with E-state index in [1.165, 1.54) is 0 Å². The Morgan fingerprint density at radius 3 is 2.42 bits per heavy atom. The highest BCUT2D eigenvalue weighted by atomic mass is 35.5. The SMILES string of the molecule is CN(C)c1ccc(NC(=O)CNC(C)(C)C)cc1Cl. The largest absolute Gasteiger partial charge is 0.376 e. The molecule has 1 aromatic rings. The van der Waals surface area contributed by atoms with E-state index in [4.69, 9.17) is 11.6 Å². The molecule has 1 aromatic carbocycles. The summed E-state index contributed by atoms with van der Waals surface area (Å²) in [5.41, 5.74) is 1.55. The summed E-state index contributed by atoms with van der Waals surface area (Å²) >= 11 is 6.15. The summed E-state index contributed by atoms with van der Waals surface area (Å²) in [5.74, 6) is -0.0800. The number of carbonyl (C=O) groups excluding carboxylic acids is 1. The molecule has 0 heterocycles. The van der Waals surface area contributed by atoms with Crippen molar-refractivity contribution in [1.29, 1.82) is 0 Å². The molecule has 0 saturated heterocycles. The van der Waals surface area contributed by atoms with E-state index in [1.54, 1.807) is 6.07 Å². The first-order valence-corrected chi connectivity index (χ1v) is 6.58. The molecule has 2 N–H and O–H groups in total. The number of nitrogens with zero attached hydrogens (tertiary/aromatic N) is 1. The van der Waals surface area contributed by atoms with Crippen molar-refractivity contribution in [3.8, 4) is 0 Å². The van der Waals surface area contributed by atoms with Crippen molar-refractivity contribution in [1.82, 2.24) is 5.32 Å². The first-order valence-electron chi connectivity index (χ1n) is 6.21. The van der Waals surface area contributed by atoms with E-state index in [2.05, 4.69) is 10.6 Å². The average Bonchev–Trinajstić information content (AvgIpc) is 2.25. The Hall–Kier alpha value is -1.26. The van der Waals surface area contributed by atoms with E-state index in [1.807, 2.05) is 51.9 Å². The maximum absolute atomic E-state index is 11.8.